The van der Waals surface area contributed by atoms with Crippen molar-refractivity contribution in [2.24, 2.45) is 0 Å². The van der Waals surface area contributed by atoms with Crippen LogP contribution in [-0.4, -0.2) is 11.7 Å². The third-order valence-corrected chi connectivity index (χ3v) is 1.05. The highest BCUT2D eigenvalue weighted by molar-refractivity contribution is 4.81. The highest BCUT2D eigenvalue weighted by Gasteiger charge is 1.76. The highest BCUT2D eigenvalue weighted by atomic mass is 16.2. The average molecular weight is 126 g/mol. The smallest absolute Gasteiger partial charge is 0.0612 e. The summed E-state index contributed by atoms with van der Waals surface area (Å²) in [5, 5.41) is 8.32. The fourth-order valence-electron chi connectivity index (χ4n) is 0.572. The second-order valence-electron chi connectivity index (χ2n) is 1.87. The number of hydrogen-bond donors (Lipinski definition) is 1. The van der Waals surface area contributed by atoms with E-state index in [1.165, 1.54) is 0 Å². The zero-order valence-electron chi connectivity index (χ0n) is 5.71. The molecule has 0 aliphatic heterocycles. The van der Waals surface area contributed by atoms with Crippen LogP contribution in [0.15, 0.2) is 24.8 Å². The minimum absolute atomic E-state index is 0.161. The van der Waals surface area contributed by atoms with E-state index in [9.17, 15) is 0 Å². The van der Waals surface area contributed by atoms with Crippen molar-refractivity contribution in [3.8, 4) is 0 Å². The van der Waals surface area contributed by atoms with E-state index in [-0.39, 0.29) is 6.61 Å². The maximum atomic E-state index is 8.32. The van der Waals surface area contributed by atoms with E-state index in [4.69, 9.17) is 5.11 Å². The Bertz CT molecular complexity index is 84.6. The molecular weight excluding hydrogens is 112 g/mol. The van der Waals surface area contributed by atoms with E-state index < -0.39 is 0 Å². The van der Waals surface area contributed by atoms with Gasteiger partial charge < -0.3 is 5.11 Å². The van der Waals surface area contributed by atoms with Gasteiger partial charge in [-0.15, -0.1) is 6.58 Å². The van der Waals surface area contributed by atoms with Crippen molar-refractivity contribution in [3.63, 3.8) is 0 Å². The van der Waals surface area contributed by atoms with Gasteiger partial charge in [0.05, 0.1) is 6.61 Å². The average Bonchev–Trinajstić information content (AvgIpc) is 1.89. The van der Waals surface area contributed by atoms with Crippen LogP contribution >= 0.6 is 0 Å². The third-order valence-electron chi connectivity index (χ3n) is 1.05. The van der Waals surface area contributed by atoms with E-state index >= 15 is 0 Å². The Morgan fingerprint density at radius 2 is 2.00 bits per heavy atom. The predicted molar refractivity (Wildman–Crippen MR) is 40.3 cm³/mol. The summed E-state index contributed by atoms with van der Waals surface area (Å²) in [5.41, 5.74) is 0. The van der Waals surface area contributed by atoms with Gasteiger partial charge in [-0.05, 0) is 19.3 Å². The molecule has 0 atom stereocenters. The molecule has 0 bridgehead atoms. The molecule has 0 unspecified atom stereocenters. The highest BCUT2D eigenvalue weighted by Crippen LogP contribution is 1.95. The van der Waals surface area contributed by atoms with Gasteiger partial charge in [0.25, 0.3) is 0 Å². The summed E-state index contributed by atoms with van der Waals surface area (Å²) in [6, 6.07) is 0. The van der Waals surface area contributed by atoms with Crippen LogP contribution in [0, 0.1) is 0 Å². The Balaban J connectivity index is 2.90. The number of aliphatic hydroxyl groups is 1. The summed E-state index contributed by atoms with van der Waals surface area (Å²) in [5.74, 6) is 0. The lowest BCUT2D eigenvalue weighted by atomic mass is 10.2. The summed E-state index contributed by atoms with van der Waals surface area (Å²) < 4.78 is 0. The van der Waals surface area contributed by atoms with Crippen molar-refractivity contribution in [2.75, 3.05) is 6.61 Å². The first-order chi connectivity index (χ1) is 4.41. The second kappa shape index (κ2) is 7.44. The summed E-state index contributed by atoms with van der Waals surface area (Å²) in [7, 11) is 0. The van der Waals surface area contributed by atoms with Gasteiger partial charge in [-0.2, -0.15) is 0 Å². The van der Waals surface area contributed by atoms with Crippen molar-refractivity contribution in [3.05, 3.63) is 24.8 Å². The molecule has 1 N–H and O–H groups in total. The van der Waals surface area contributed by atoms with Crippen LogP contribution in [0.4, 0.5) is 0 Å². The number of unbranched alkanes of at least 4 members (excludes halogenated alkanes) is 2. The van der Waals surface area contributed by atoms with Crippen LogP contribution in [0.5, 0.6) is 0 Å². The van der Waals surface area contributed by atoms with Gasteiger partial charge >= 0.3 is 0 Å². The molecule has 0 spiro atoms. The van der Waals surface area contributed by atoms with Crippen LogP contribution in [0.2, 0.25) is 0 Å². The van der Waals surface area contributed by atoms with E-state index in [2.05, 4.69) is 6.58 Å². The number of rotatable bonds is 5. The first kappa shape index (κ1) is 8.44. The van der Waals surface area contributed by atoms with Crippen molar-refractivity contribution in [2.45, 2.75) is 19.3 Å². The van der Waals surface area contributed by atoms with Crippen LogP contribution in [-0.2, 0) is 0 Å². The molecule has 0 saturated heterocycles. The molecule has 0 heterocycles. The van der Waals surface area contributed by atoms with Gasteiger partial charge in [0.2, 0.25) is 0 Å². The van der Waals surface area contributed by atoms with Gasteiger partial charge in [0, 0.05) is 0 Å². The first-order valence-corrected chi connectivity index (χ1v) is 3.28. The molecule has 0 saturated carbocycles. The quantitative estimate of drug-likeness (QED) is 0.440. The van der Waals surface area contributed by atoms with Gasteiger partial charge in [0.1, 0.15) is 0 Å². The molecule has 9 heavy (non-hydrogen) atoms. The van der Waals surface area contributed by atoms with Crippen molar-refractivity contribution < 1.29 is 5.11 Å². The van der Waals surface area contributed by atoms with Gasteiger partial charge in [0.15, 0.2) is 0 Å². The number of hydrogen-bond acceptors (Lipinski definition) is 1. The molecule has 0 aliphatic carbocycles. The molecule has 52 valence electrons. The van der Waals surface area contributed by atoms with Crippen molar-refractivity contribution in [1.29, 1.82) is 0 Å². The normalized spacial score (nSPS) is 10.3. The molecule has 0 rings (SSSR count). The van der Waals surface area contributed by atoms with E-state index in [0.717, 1.165) is 19.3 Å². The standard InChI is InChI=1S/C8H14O/c1-2-3-4-5-6-7-8-9/h2,6-7,9H,1,3-5,8H2/b7-6-. The molecule has 1 nitrogen and oxygen atoms in total. The maximum Gasteiger partial charge on any atom is 0.0612 e. The Labute approximate surface area is 56.7 Å². The molecule has 0 radical (unpaired) electrons. The molecule has 0 aromatic heterocycles. The van der Waals surface area contributed by atoms with E-state index in [0.29, 0.717) is 0 Å². The zero-order chi connectivity index (χ0) is 6.95. The molecule has 0 fully saturated rings. The predicted octanol–water partition coefficient (Wildman–Crippen LogP) is 1.89. The Morgan fingerprint density at radius 3 is 2.56 bits per heavy atom. The molecule has 0 aromatic rings. The molecule has 0 amide bonds. The van der Waals surface area contributed by atoms with Gasteiger partial charge in [-0.3, -0.25) is 0 Å². The second-order valence-corrected chi connectivity index (χ2v) is 1.87. The minimum Gasteiger partial charge on any atom is -0.392 e. The first-order valence-electron chi connectivity index (χ1n) is 3.28. The molecule has 0 aliphatic rings. The Hall–Kier alpha value is -0.560. The summed E-state index contributed by atoms with van der Waals surface area (Å²) in [6.45, 7) is 3.77. The molecule has 0 aromatic carbocycles. The fourth-order valence-corrected chi connectivity index (χ4v) is 0.572. The fraction of sp³-hybridized carbons (Fsp3) is 0.500. The van der Waals surface area contributed by atoms with Gasteiger partial charge in [-0.1, -0.05) is 18.2 Å². The lowest BCUT2D eigenvalue weighted by Gasteiger charge is -1.86. The van der Waals surface area contributed by atoms with Crippen molar-refractivity contribution in [1.82, 2.24) is 0 Å². The number of allylic oxidation sites excluding steroid dienone is 2. The summed E-state index contributed by atoms with van der Waals surface area (Å²) in [6.07, 6.45) is 8.92. The zero-order valence-corrected chi connectivity index (χ0v) is 5.71. The lowest BCUT2D eigenvalue weighted by molar-refractivity contribution is 0.342. The number of aliphatic hydroxyl groups excluding tert-OH is 1. The minimum atomic E-state index is 0.161. The van der Waals surface area contributed by atoms with Crippen LogP contribution < -0.4 is 0 Å². The van der Waals surface area contributed by atoms with E-state index in [1.807, 2.05) is 12.2 Å². The van der Waals surface area contributed by atoms with Crippen LogP contribution in [0.25, 0.3) is 0 Å². The van der Waals surface area contributed by atoms with Gasteiger partial charge in [-0.25, -0.2) is 0 Å². The molecular formula is C8H14O. The summed E-state index contributed by atoms with van der Waals surface area (Å²) >= 11 is 0. The summed E-state index contributed by atoms with van der Waals surface area (Å²) in [4.78, 5) is 0. The Kier molecular flexibility index (Phi) is 6.98. The van der Waals surface area contributed by atoms with E-state index in [1.54, 1.807) is 6.08 Å². The SMILES string of the molecule is C=CCCC/C=C\CO. The monoisotopic (exact) mass is 126 g/mol. The van der Waals surface area contributed by atoms with Crippen LogP contribution in [0.3, 0.4) is 0 Å². The topological polar surface area (TPSA) is 20.2 Å². The largest absolute Gasteiger partial charge is 0.392 e. The Morgan fingerprint density at radius 1 is 1.22 bits per heavy atom. The van der Waals surface area contributed by atoms with Crippen molar-refractivity contribution >= 4 is 0 Å². The maximum absolute atomic E-state index is 8.32. The lowest BCUT2D eigenvalue weighted by Crippen LogP contribution is -1.72. The molecule has 1 heteroatoms. The third kappa shape index (κ3) is 7.44. The van der Waals surface area contributed by atoms with Crippen LogP contribution in [0.1, 0.15) is 19.3 Å².